The molecule has 0 aromatic rings. The van der Waals surface area contributed by atoms with Crippen LogP contribution >= 0.6 is 0 Å². The summed E-state index contributed by atoms with van der Waals surface area (Å²) in [4.78, 5) is 24.4. The second kappa shape index (κ2) is 12.1. The van der Waals surface area contributed by atoms with E-state index in [2.05, 4.69) is 13.8 Å². The molecule has 0 saturated carbocycles. The van der Waals surface area contributed by atoms with E-state index in [1.807, 2.05) is 0 Å². The van der Waals surface area contributed by atoms with Crippen molar-refractivity contribution < 1.29 is 19.1 Å². The molecule has 0 unspecified atom stereocenters. The third kappa shape index (κ3) is 7.67. The van der Waals surface area contributed by atoms with Crippen molar-refractivity contribution >= 4 is 11.9 Å². The molecule has 0 bridgehead atoms. The van der Waals surface area contributed by atoms with Crippen LogP contribution < -0.4 is 0 Å². The number of hydrogen-bond acceptors (Lipinski definition) is 4. The Morgan fingerprint density at radius 3 is 1.74 bits per heavy atom. The quantitative estimate of drug-likeness (QED) is 0.408. The average Bonchev–Trinajstić information content (AvgIpc) is 2.58. The van der Waals surface area contributed by atoms with E-state index in [0.717, 1.165) is 38.5 Å². The van der Waals surface area contributed by atoms with Crippen LogP contribution in [0.15, 0.2) is 11.1 Å². The zero-order valence-electron chi connectivity index (χ0n) is 14.8. The maximum Gasteiger partial charge on any atom is 0.334 e. The number of carbonyl (C=O) groups excluding carboxylic acids is 2. The molecule has 0 N–H and O–H groups in total. The van der Waals surface area contributed by atoms with E-state index in [-0.39, 0.29) is 11.9 Å². The van der Waals surface area contributed by atoms with Crippen LogP contribution in [0, 0.1) is 0 Å². The highest BCUT2D eigenvalue weighted by Crippen LogP contribution is 2.27. The molecule has 1 aliphatic carbocycles. The molecule has 0 aromatic carbocycles. The van der Waals surface area contributed by atoms with E-state index in [1.165, 1.54) is 19.3 Å². The van der Waals surface area contributed by atoms with E-state index in [9.17, 15) is 9.59 Å². The normalized spacial score (nSPS) is 14.7. The van der Waals surface area contributed by atoms with Gasteiger partial charge in [-0.2, -0.15) is 0 Å². The molecule has 0 amide bonds. The summed E-state index contributed by atoms with van der Waals surface area (Å²) in [6, 6.07) is 0. The number of carbonyl (C=O) groups is 2. The monoisotopic (exact) mass is 324 g/mol. The summed E-state index contributed by atoms with van der Waals surface area (Å²) >= 11 is 0. The molecule has 1 aliphatic rings. The molecule has 0 atom stereocenters. The summed E-state index contributed by atoms with van der Waals surface area (Å²) in [5.41, 5.74) is 1.09. The number of ether oxygens (including phenoxy) is 2. The topological polar surface area (TPSA) is 52.6 Å². The van der Waals surface area contributed by atoms with Crippen molar-refractivity contribution in [2.24, 2.45) is 0 Å². The lowest BCUT2D eigenvalue weighted by molar-refractivity contribution is -0.143. The number of hydrogen-bond donors (Lipinski definition) is 0. The van der Waals surface area contributed by atoms with Crippen molar-refractivity contribution in [2.75, 3.05) is 13.2 Å². The van der Waals surface area contributed by atoms with Gasteiger partial charge in [-0.05, 0) is 38.5 Å². The zero-order valence-corrected chi connectivity index (χ0v) is 14.8. The maximum atomic E-state index is 12.2. The Morgan fingerprint density at radius 1 is 0.739 bits per heavy atom. The fraction of sp³-hybridized carbons (Fsp3) is 0.789. The smallest absolute Gasteiger partial charge is 0.334 e. The molecule has 0 spiro atoms. The molecule has 4 nitrogen and oxygen atoms in total. The predicted octanol–water partition coefficient (Wildman–Crippen LogP) is 4.71. The van der Waals surface area contributed by atoms with Crippen molar-refractivity contribution in [1.29, 1.82) is 0 Å². The molecule has 0 fully saturated rings. The van der Waals surface area contributed by atoms with E-state index >= 15 is 0 Å². The number of unbranched alkanes of at least 4 members (excludes halogenated alkanes) is 5. The van der Waals surface area contributed by atoms with Crippen molar-refractivity contribution in [2.45, 2.75) is 84.5 Å². The van der Waals surface area contributed by atoms with Crippen LogP contribution in [0.3, 0.4) is 0 Å². The van der Waals surface area contributed by atoms with Gasteiger partial charge in [-0.15, -0.1) is 0 Å². The largest absolute Gasteiger partial charge is 0.462 e. The lowest BCUT2D eigenvalue weighted by Crippen LogP contribution is -2.20. The Labute approximate surface area is 140 Å². The van der Waals surface area contributed by atoms with E-state index in [1.54, 1.807) is 0 Å². The van der Waals surface area contributed by atoms with Gasteiger partial charge in [0.05, 0.1) is 13.2 Å². The SMILES string of the molecule is CCCCCCCOC(=O)C1=C(C(=O)OCCCC)CCCC1. The van der Waals surface area contributed by atoms with Gasteiger partial charge in [-0.1, -0.05) is 46.0 Å². The van der Waals surface area contributed by atoms with E-state index in [4.69, 9.17) is 9.47 Å². The molecule has 0 aliphatic heterocycles. The summed E-state index contributed by atoms with van der Waals surface area (Å²) in [6.07, 6.45) is 10.6. The Balaban J connectivity index is 2.47. The highest BCUT2D eigenvalue weighted by molar-refractivity contribution is 6.00. The van der Waals surface area contributed by atoms with Crippen LogP contribution in [0.4, 0.5) is 0 Å². The van der Waals surface area contributed by atoms with Gasteiger partial charge in [0.1, 0.15) is 0 Å². The fourth-order valence-corrected chi connectivity index (χ4v) is 2.71. The van der Waals surface area contributed by atoms with Gasteiger partial charge >= 0.3 is 11.9 Å². The van der Waals surface area contributed by atoms with Crippen LogP contribution in [-0.4, -0.2) is 25.2 Å². The molecule has 132 valence electrons. The highest BCUT2D eigenvalue weighted by Gasteiger charge is 2.25. The molecule has 0 saturated heterocycles. The summed E-state index contributed by atoms with van der Waals surface area (Å²) in [6.45, 7) is 5.11. The van der Waals surface area contributed by atoms with E-state index in [0.29, 0.717) is 37.2 Å². The van der Waals surface area contributed by atoms with Gasteiger partial charge in [0.2, 0.25) is 0 Å². The van der Waals surface area contributed by atoms with Crippen molar-refractivity contribution in [3.8, 4) is 0 Å². The van der Waals surface area contributed by atoms with Crippen LogP contribution in [0.25, 0.3) is 0 Å². The van der Waals surface area contributed by atoms with Crippen LogP contribution in [0.2, 0.25) is 0 Å². The van der Waals surface area contributed by atoms with Gasteiger partial charge in [0, 0.05) is 11.1 Å². The molecule has 23 heavy (non-hydrogen) atoms. The van der Waals surface area contributed by atoms with Gasteiger partial charge in [0.25, 0.3) is 0 Å². The minimum Gasteiger partial charge on any atom is -0.462 e. The maximum absolute atomic E-state index is 12.2. The lowest BCUT2D eigenvalue weighted by Gasteiger charge is -2.18. The first-order chi connectivity index (χ1) is 11.2. The Kier molecular flexibility index (Phi) is 10.4. The molecular formula is C19H32O4. The Hall–Kier alpha value is -1.32. The average molecular weight is 324 g/mol. The second-order valence-electron chi connectivity index (χ2n) is 6.20. The van der Waals surface area contributed by atoms with E-state index < -0.39 is 0 Å². The first kappa shape index (κ1) is 19.7. The van der Waals surface area contributed by atoms with Crippen LogP contribution in [0.5, 0.6) is 0 Å². The van der Waals surface area contributed by atoms with Gasteiger partial charge < -0.3 is 9.47 Å². The molecule has 0 heterocycles. The summed E-state index contributed by atoms with van der Waals surface area (Å²) in [5, 5.41) is 0. The molecular weight excluding hydrogens is 292 g/mol. The van der Waals surface area contributed by atoms with Gasteiger partial charge in [0.15, 0.2) is 0 Å². The van der Waals surface area contributed by atoms with Crippen LogP contribution in [-0.2, 0) is 19.1 Å². The van der Waals surface area contributed by atoms with Gasteiger partial charge in [-0.25, -0.2) is 9.59 Å². The second-order valence-corrected chi connectivity index (χ2v) is 6.20. The zero-order chi connectivity index (χ0) is 16.9. The minimum absolute atomic E-state index is 0.317. The standard InChI is InChI=1S/C19H32O4/c1-3-5-7-8-11-15-23-19(21)17-13-10-9-12-16(17)18(20)22-14-6-4-2/h3-15H2,1-2H3. The summed E-state index contributed by atoms with van der Waals surface area (Å²) in [5.74, 6) is -0.643. The fourth-order valence-electron chi connectivity index (χ4n) is 2.71. The lowest BCUT2D eigenvalue weighted by atomic mass is 9.92. The van der Waals surface area contributed by atoms with Crippen molar-refractivity contribution in [3.05, 3.63) is 11.1 Å². The highest BCUT2D eigenvalue weighted by atomic mass is 16.5. The molecule has 1 rings (SSSR count). The number of rotatable bonds is 11. The Morgan fingerprint density at radius 2 is 1.22 bits per heavy atom. The minimum atomic E-state index is -0.326. The van der Waals surface area contributed by atoms with Crippen LogP contribution in [0.1, 0.15) is 84.5 Å². The number of esters is 2. The summed E-state index contributed by atoms with van der Waals surface area (Å²) in [7, 11) is 0. The predicted molar refractivity (Wildman–Crippen MR) is 91.1 cm³/mol. The first-order valence-corrected chi connectivity index (χ1v) is 9.27. The summed E-state index contributed by atoms with van der Waals surface area (Å²) < 4.78 is 10.6. The van der Waals surface area contributed by atoms with Crippen molar-refractivity contribution in [3.63, 3.8) is 0 Å². The molecule has 4 heteroatoms. The third-order valence-corrected chi connectivity index (χ3v) is 4.17. The molecule has 0 radical (unpaired) electrons. The molecule has 0 aromatic heterocycles. The van der Waals surface area contributed by atoms with Crippen molar-refractivity contribution in [1.82, 2.24) is 0 Å². The first-order valence-electron chi connectivity index (χ1n) is 9.27. The Bertz CT molecular complexity index is 398. The third-order valence-electron chi connectivity index (χ3n) is 4.17. The van der Waals surface area contributed by atoms with Gasteiger partial charge in [-0.3, -0.25) is 0 Å².